The van der Waals surface area contributed by atoms with E-state index in [9.17, 15) is 9.59 Å². The molecule has 7 heteroatoms. The van der Waals surface area contributed by atoms with E-state index in [0.29, 0.717) is 19.4 Å². The maximum absolute atomic E-state index is 12.1. The van der Waals surface area contributed by atoms with Crippen molar-refractivity contribution in [2.45, 2.75) is 19.8 Å². The number of aromatic nitrogens is 1. The molecule has 0 saturated carbocycles. The minimum absolute atomic E-state index is 0.0118. The molecule has 1 N–H and O–H groups in total. The Bertz CT molecular complexity index is 742. The van der Waals surface area contributed by atoms with Crippen LogP contribution in [0.25, 0.3) is 10.9 Å². The van der Waals surface area contributed by atoms with Gasteiger partial charge in [-0.25, -0.2) is 0 Å². The number of alkyl halides is 1. The first-order chi connectivity index (χ1) is 11.0. The van der Waals surface area contributed by atoms with Gasteiger partial charge in [-0.3, -0.25) is 14.2 Å². The van der Waals surface area contributed by atoms with Gasteiger partial charge in [0.2, 0.25) is 11.8 Å². The minimum atomic E-state index is -0.179. The van der Waals surface area contributed by atoms with Crippen LogP contribution in [0.2, 0.25) is 0 Å². The summed E-state index contributed by atoms with van der Waals surface area (Å²) in [5.41, 5.74) is 1.78. The molecule has 0 fully saturated rings. The van der Waals surface area contributed by atoms with Crippen LogP contribution < -0.4 is 10.1 Å². The number of hydrogen-bond acceptors (Lipinski definition) is 3. The normalized spacial score (nSPS) is 10.8. The summed E-state index contributed by atoms with van der Waals surface area (Å²) in [6.07, 6.45) is 2.88. The highest BCUT2D eigenvalue weighted by atomic mass is 127. The van der Waals surface area contributed by atoms with Crippen LogP contribution >= 0.6 is 34.2 Å². The number of amides is 1. The van der Waals surface area contributed by atoms with E-state index in [-0.39, 0.29) is 17.7 Å². The number of fused-ring (bicyclic) bond motifs is 1. The summed E-state index contributed by atoms with van der Waals surface area (Å²) in [4.78, 5) is 23.4. The molecule has 1 aromatic heterocycles. The van der Waals surface area contributed by atoms with E-state index in [4.69, 9.17) is 16.3 Å². The highest BCUT2D eigenvalue weighted by Crippen LogP contribution is 2.31. The van der Waals surface area contributed by atoms with Gasteiger partial charge in [-0.15, -0.1) is 11.6 Å². The summed E-state index contributed by atoms with van der Waals surface area (Å²) < 4.78 is 7.86. The highest BCUT2D eigenvalue weighted by Gasteiger charge is 2.16. The number of nitrogens with one attached hydrogen (secondary N) is 1. The Kier molecular flexibility index (Phi) is 6.29. The van der Waals surface area contributed by atoms with E-state index in [0.717, 1.165) is 25.8 Å². The van der Waals surface area contributed by atoms with Crippen LogP contribution in [0.1, 0.15) is 23.7 Å². The van der Waals surface area contributed by atoms with Crippen LogP contribution in [0.5, 0.6) is 5.75 Å². The van der Waals surface area contributed by atoms with Gasteiger partial charge >= 0.3 is 0 Å². The Labute approximate surface area is 153 Å². The van der Waals surface area contributed by atoms with Gasteiger partial charge in [-0.2, -0.15) is 0 Å². The lowest BCUT2D eigenvalue weighted by molar-refractivity contribution is -0.120. The minimum Gasteiger partial charge on any atom is -0.496 e. The van der Waals surface area contributed by atoms with Crippen molar-refractivity contribution in [3.63, 3.8) is 0 Å². The molecule has 1 heterocycles. The van der Waals surface area contributed by atoms with Gasteiger partial charge in [0.05, 0.1) is 16.2 Å². The van der Waals surface area contributed by atoms with Crippen molar-refractivity contribution in [1.82, 2.24) is 9.88 Å². The van der Waals surface area contributed by atoms with Crippen LogP contribution in [0.15, 0.2) is 18.3 Å². The second-order valence-electron chi connectivity index (χ2n) is 5.01. The number of nitrogens with zero attached hydrogens (tertiary/aromatic N) is 1. The molecule has 0 aliphatic heterocycles. The molecule has 0 atom stereocenters. The fourth-order valence-corrected chi connectivity index (χ4v) is 3.18. The Morgan fingerprint density at radius 2 is 2.13 bits per heavy atom. The fraction of sp³-hybridized carbons (Fsp3) is 0.375. The largest absolute Gasteiger partial charge is 0.496 e. The average Bonchev–Trinajstić information content (AvgIpc) is 2.90. The summed E-state index contributed by atoms with van der Waals surface area (Å²) in [6, 6.07) is 3.83. The number of hydrogen-bond donors (Lipinski definition) is 1. The predicted octanol–water partition coefficient (Wildman–Crippen LogP) is 3.20. The average molecular weight is 449 g/mol. The van der Waals surface area contributed by atoms with Crippen molar-refractivity contribution in [1.29, 1.82) is 0 Å². The standard InChI is InChI=1S/C16H18ClIN2O3/c1-3-15(21)19-5-4-10-9-20(16(22)8-17)13-7-12(18)14(23-2)6-11(10)13/h6-7,9H,3-5,8H2,1-2H3,(H,19,21). The molecule has 0 unspecified atom stereocenters. The first-order valence-electron chi connectivity index (χ1n) is 7.25. The van der Waals surface area contributed by atoms with Gasteiger partial charge in [0.1, 0.15) is 11.6 Å². The third kappa shape index (κ3) is 3.98. The van der Waals surface area contributed by atoms with Gasteiger partial charge < -0.3 is 10.1 Å². The molecule has 0 spiro atoms. The summed E-state index contributed by atoms with van der Waals surface area (Å²) in [5.74, 6) is 0.505. The zero-order valence-corrected chi connectivity index (χ0v) is 15.9. The van der Waals surface area contributed by atoms with E-state index in [1.807, 2.05) is 19.1 Å². The first kappa shape index (κ1) is 18.1. The van der Waals surface area contributed by atoms with Gasteiger partial charge in [-0.05, 0) is 46.7 Å². The smallest absolute Gasteiger partial charge is 0.245 e. The van der Waals surface area contributed by atoms with Gasteiger partial charge in [-0.1, -0.05) is 6.92 Å². The van der Waals surface area contributed by atoms with E-state index in [1.165, 1.54) is 0 Å². The lowest BCUT2D eigenvalue weighted by Gasteiger charge is -2.06. The Hall–Kier alpha value is -1.28. The maximum atomic E-state index is 12.1. The third-order valence-electron chi connectivity index (χ3n) is 3.58. The number of rotatable bonds is 6. The molecular weight excluding hydrogens is 431 g/mol. The molecule has 1 amide bonds. The fourth-order valence-electron chi connectivity index (χ4n) is 2.38. The number of halogens is 2. The van der Waals surface area contributed by atoms with Crippen molar-refractivity contribution in [3.8, 4) is 5.75 Å². The predicted molar refractivity (Wildman–Crippen MR) is 99.6 cm³/mol. The lowest BCUT2D eigenvalue weighted by Crippen LogP contribution is -2.24. The van der Waals surface area contributed by atoms with Crippen molar-refractivity contribution >= 4 is 56.9 Å². The number of methoxy groups -OCH3 is 1. The van der Waals surface area contributed by atoms with E-state index >= 15 is 0 Å². The van der Waals surface area contributed by atoms with Gasteiger partial charge in [0.15, 0.2) is 0 Å². The topological polar surface area (TPSA) is 60.3 Å². The highest BCUT2D eigenvalue weighted by molar-refractivity contribution is 14.1. The molecule has 0 bridgehead atoms. The summed E-state index contributed by atoms with van der Waals surface area (Å²) in [5, 5.41) is 3.78. The van der Waals surface area contributed by atoms with Crippen LogP contribution in [0, 0.1) is 3.57 Å². The van der Waals surface area contributed by atoms with Crippen molar-refractivity contribution in [2.75, 3.05) is 19.5 Å². The van der Waals surface area contributed by atoms with E-state index in [2.05, 4.69) is 27.9 Å². The molecule has 5 nitrogen and oxygen atoms in total. The summed E-state index contributed by atoms with van der Waals surface area (Å²) in [6.45, 7) is 2.34. The second kappa shape index (κ2) is 8.01. The molecular formula is C16H18ClIN2O3. The van der Waals surface area contributed by atoms with Crippen LogP contribution in [-0.4, -0.2) is 35.9 Å². The van der Waals surface area contributed by atoms with Crippen molar-refractivity contribution < 1.29 is 14.3 Å². The Morgan fingerprint density at radius 1 is 1.39 bits per heavy atom. The molecule has 23 heavy (non-hydrogen) atoms. The molecule has 2 rings (SSSR count). The van der Waals surface area contributed by atoms with Crippen molar-refractivity contribution in [2.24, 2.45) is 0 Å². The molecule has 1 aromatic carbocycles. The molecule has 2 aromatic rings. The quantitative estimate of drug-likeness (QED) is 0.545. The number of benzene rings is 1. The molecule has 0 saturated heterocycles. The van der Waals surface area contributed by atoms with Crippen molar-refractivity contribution in [3.05, 3.63) is 27.5 Å². The van der Waals surface area contributed by atoms with Gasteiger partial charge in [0, 0.05) is 24.5 Å². The Balaban J connectivity index is 2.42. The molecule has 0 radical (unpaired) electrons. The molecule has 0 aliphatic rings. The molecule has 0 aliphatic carbocycles. The third-order valence-corrected chi connectivity index (χ3v) is 4.65. The van der Waals surface area contributed by atoms with Crippen LogP contribution in [0.4, 0.5) is 0 Å². The first-order valence-corrected chi connectivity index (χ1v) is 8.86. The number of carbonyl (C=O) groups is 2. The lowest BCUT2D eigenvalue weighted by atomic mass is 10.1. The maximum Gasteiger partial charge on any atom is 0.245 e. The SMILES string of the molecule is CCC(=O)NCCc1cn(C(=O)CCl)c2cc(I)c(OC)cc12. The number of carbonyl (C=O) groups excluding carboxylic acids is 2. The van der Waals surface area contributed by atoms with Crippen LogP contribution in [0.3, 0.4) is 0 Å². The zero-order chi connectivity index (χ0) is 17.0. The Morgan fingerprint density at radius 3 is 2.74 bits per heavy atom. The van der Waals surface area contributed by atoms with Crippen LogP contribution in [-0.2, 0) is 11.2 Å². The van der Waals surface area contributed by atoms with Gasteiger partial charge in [0.25, 0.3) is 0 Å². The monoisotopic (exact) mass is 448 g/mol. The summed E-state index contributed by atoms with van der Waals surface area (Å²) >= 11 is 7.88. The second-order valence-corrected chi connectivity index (χ2v) is 6.44. The van der Waals surface area contributed by atoms with E-state index < -0.39 is 0 Å². The molecule has 124 valence electrons. The van der Waals surface area contributed by atoms with E-state index in [1.54, 1.807) is 17.9 Å². The number of ether oxygens (including phenoxy) is 1. The zero-order valence-electron chi connectivity index (χ0n) is 13.0. The summed E-state index contributed by atoms with van der Waals surface area (Å²) in [7, 11) is 1.62.